The Hall–Kier alpha value is -2.19. The van der Waals surface area contributed by atoms with Crippen molar-refractivity contribution in [2.24, 2.45) is 0 Å². The van der Waals surface area contributed by atoms with Crippen molar-refractivity contribution in [1.82, 2.24) is 19.8 Å². The van der Waals surface area contributed by atoms with Crippen LogP contribution in [0.3, 0.4) is 0 Å². The fraction of sp³-hybridized carbons (Fsp3) is 0.444. The molecule has 2 heterocycles. The van der Waals surface area contributed by atoms with E-state index < -0.39 is 16.1 Å². The number of rotatable bonds is 6. The number of aryl methyl sites for hydroxylation is 2. The Morgan fingerprint density at radius 1 is 1.23 bits per heavy atom. The van der Waals surface area contributed by atoms with Gasteiger partial charge in [-0.25, -0.2) is 8.42 Å². The number of carbonyl (C=O) groups is 1. The molecular formula is C18H24N4O3S. The molecule has 0 aliphatic carbocycles. The summed E-state index contributed by atoms with van der Waals surface area (Å²) >= 11 is 0. The van der Waals surface area contributed by atoms with Gasteiger partial charge in [0.25, 0.3) is 0 Å². The summed E-state index contributed by atoms with van der Waals surface area (Å²) in [6, 6.07) is 8.61. The van der Waals surface area contributed by atoms with Gasteiger partial charge in [0.15, 0.2) is 0 Å². The third kappa shape index (κ3) is 3.96. The summed E-state index contributed by atoms with van der Waals surface area (Å²) in [5.41, 5.74) is 1.76. The normalized spacial score (nSPS) is 16.0. The number of nitrogens with one attached hydrogen (secondary N) is 2. The topological polar surface area (TPSA) is 95.2 Å². The molecule has 1 aromatic heterocycles. The number of H-pyrrole nitrogens is 1. The minimum absolute atomic E-state index is 0.116. The van der Waals surface area contributed by atoms with Crippen molar-refractivity contribution in [3.63, 3.8) is 0 Å². The number of nitrogens with zero attached hydrogens (tertiary/aromatic N) is 2. The first-order valence-corrected chi connectivity index (χ1v) is 10.2. The number of likely N-dealkylation sites (tertiary alicyclic amines) is 1. The summed E-state index contributed by atoms with van der Waals surface area (Å²) in [6.45, 7) is 4.64. The summed E-state index contributed by atoms with van der Waals surface area (Å²) in [7, 11) is -3.86. The molecule has 7 nitrogen and oxygen atoms in total. The van der Waals surface area contributed by atoms with E-state index in [-0.39, 0.29) is 10.8 Å². The average molecular weight is 376 g/mol. The largest absolute Gasteiger partial charge is 0.341 e. The predicted molar refractivity (Wildman–Crippen MR) is 98.1 cm³/mol. The van der Waals surface area contributed by atoms with Crippen molar-refractivity contribution < 1.29 is 13.2 Å². The van der Waals surface area contributed by atoms with Gasteiger partial charge in [0.1, 0.15) is 10.9 Å². The molecule has 2 aromatic rings. The number of amides is 1. The summed E-state index contributed by atoms with van der Waals surface area (Å²) < 4.78 is 28.4. The number of aromatic nitrogens is 2. The lowest BCUT2D eigenvalue weighted by molar-refractivity contribution is -0.131. The van der Waals surface area contributed by atoms with Crippen LogP contribution in [-0.2, 0) is 21.2 Å². The minimum Gasteiger partial charge on any atom is -0.341 e. The highest BCUT2D eigenvalue weighted by Gasteiger charge is 2.32. The van der Waals surface area contributed by atoms with E-state index in [1.165, 1.54) is 0 Å². The maximum Gasteiger partial charge on any atom is 0.244 e. The summed E-state index contributed by atoms with van der Waals surface area (Å²) in [5, 5.41) is 6.64. The van der Waals surface area contributed by atoms with E-state index in [1.54, 1.807) is 18.7 Å². The Balaban J connectivity index is 1.88. The molecule has 1 aliphatic rings. The Kier molecular flexibility index (Phi) is 5.43. The Morgan fingerprint density at radius 3 is 2.46 bits per heavy atom. The zero-order chi connectivity index (χ0) is 18.7. The number of sulfonamides is 1. The lowest BCUT2D eigenvalue weighted by Crippen LogP contribution is -2.49. The minimum atomic E-state index is -3.86. The third-order valence-electron chi connectivity index (χ3n) is 4.63. The van der Waals surface area contributed by atoms with Gasteiger partial charge < -0.3 is 4.90 Å². The molecule has 8 heteroatoms. The second kappa shape index (κ2) is 7.59. The van der Waals surface area contributed by atoms with Crippen LogP contribution in [0.15, 0.2) is 35.2 Å². The fourth-order valence-electron chi connectivity index (χ4n) is 3.37. The van der Waals surface area contributed by atoms with Crippen LogP contribution in [0.5, 0.6) is 0 Å². The first-order valence-electron chi connectivity index (χ1n) is 8.75. The van der Waals surface area contributed by atoms with Crippen LogP contribution >= 0.6 is 0 Å². The summed E-state index contributed by atoms with van der Waals surface area (Å²) in [5.74, 6) is -0.172. The zero-order valence-corrected chi connectivity index (χ0v) is 15.8. The molecule has 1 fully saturated rings. The van der Waals surface area contributed by atoms with Crippen molar-refractivity contribution in [3.05, 3.63) is 47.3 Å². The van der Waals surface area contributed by atoms with Crippen LogP contribution in [0.25, 0.3) is 0 Å². The number of carbonyl (C=O) groups excluding carboxylic acids is 1. The molecule has 1 atom stereocenters. The lowest BCUT2D eigenvalue weighted by atomic mass is 10.1. The second-order valence-electron chi connectivity index (χ2n) is 6.66. The molecular weight excluding hydrogens is 352 g/mol. The maximum atomic E-state index is 12.9. The van der Waals surface area contributed by atoms with Crippen molar-refractivity contribution in [2.45, 2.75) is 44.0 Å². The van der Waals surface area contributed by atoms with Gasteiger partial charge in [-0.15, -0.1) is 0 Å². The Bertz CT molecular complexity index is 852. The molecule has 1 saturated heterocycles. The van der Waals surface area contributed by atoms with Crippen LogP contribution in [0.2, 0.25) is 0 Å². The Labute approximate surface area is 153 Å². The van der Waals surface area contributed by atoms with E-state index in [2.05, 4.69) is 14.9 Å². The molecule has 3 rings (SSSR count). The standard InChI is InChI=1S/C18H24N4O3S/c1-13-17(14(2)20-19-13)26(24,25)21-16(12-15-8-4-3-5-9-15)18(23)22-10-6-7-11-22/h3-5,8-9,16,21H,6-7,10-12H2,1-2H3,(H,19,20)/t16-/m0/s1. The third-order valence-corrected chi connectivity index (χ3v) is 6.36. The van der Waals surface area contributed by atoms with E-state index in [9.17, 15) is 13.2 Å². The summed E-state index contributed by atoms with van der Waals surface area (Å²) in [4.78, 5) is 14.8. The molecule has 0 spiro atoms. The van der Waals surface area contributed by atoms with E-state index in [0.717, 1.165) is 18.4 Å². The first kappa shape index (κ1) is 18.6. The number of hydrogen-bond acceptors (Lipinski definition) is 4. The van der Waals surface area contributed by atoms with E-state index in [0.29, 0.717) is 30.9 Å². The molecule has 0 bridgehead atoms. The van der Waals surface area contributed by atoms with Gasteiger partial charge in [0.05, 0.1) is 11.4 Å². The van der Waals surface area contributed by atoms with Crippen molar-refractivity contribution >= 4 is 15.9 Å². The van der Waals surface area contributed by atoms with Gasteiger partial charge in [-0.05, 0) is 38.7 Å². The monoisotopic (exact) mass is 376 g/mol. The van der Waals surface area contributed by atoms with Crippen LogP contribution in [0.1, 0.15) is 29.8 Å². The lowest BCUT2D eigenvalue weighted by Gasteiger charge is -2.24. The van der Waals surface area contributed by atoms with E-state index >= 15 is 0 Å². The quantitative estimate of drug-likeness (QED) is 0.799. The number of benzene rings is 1. The maximum absolute atomic E-state index is 12.9. The van der Waals surface area contributed by atoms with Crippen molar-refractivity contribution in [1.29, 1.82) is 0 Å². The van der Waals surface area contributed by atoms with Gasteiger partial charge in [-0.3, -0.25) is 9.89 Å². The molecule has 2 N–H and O–H groups in total. The van der Waals surface area contributed by atoms with Crippen LogP contribution in [0.4, 0.5) is 0 Å². The second-order valence-corrected chi connectivity index (χ2v) is 8.31. The van der Waals surface area contributed by atoms with E-state index in [4.69, 9.17) is 0 Å². The smallest absolute Gasteiger partial charge is 0.244 e. The molecule has 26 heavy (non-hydrogen) atoms. The molecule has 1 amide bonds. The molecule has 140 valence electrons. The first-order chi connectivity index (χ1) is 12.4. The van der Waals surface area contributed by atoms with Crippen LogP contribution in [0, 0.1) is 13.8 Å². The average Bonchev–Trinajstić information content (AvgIpc) is 3.24. The van der Waals surface area contributed by atoms with Gasteiger partial charge in [-0.1, -0.05) is 30.3 Å². The highest BCUT2D eigenvalue weighted by molar-refractivity contribution is 7.89. The Morgan fingerprint density at radius 2 is 1.88 bits per heavy atom. The van der Waals surface area contributed by atoms with Gasteiger partial charge in [0, 0.05) is 13.1 Å². The van der Waals surface area contributed by atoms with Crippen molar-refractivity contribution in [3.8, 4) is 0 Å². The van der Waals surface area contributed by atoms with Gasteiger partial charge in [0.2, 0.25) is 15.9 Å². The highest BCUT2D eigenvalue weighted by atomic mass is 32.2. The SMILES string of the molecule is Cc1n[nH]c(C)c1S(=O)(=O)N[C@@H](Cc1ccccc1)C(=O)N1CCCC1. The fourth-order valence-corrected chi connectivity index (χ4v) is 4.93. The zero-order valence-electron chi connectivity index (χ0n) is 15.0. The van der Waals surface area contributed by atoms with E-state index in [1.807, 2.05) is 30.3 Å². The number of hydrogen-bond donors (Lipinski definition) is 2. The molecule has 0 saturated carbocycles. The van der Waals surface area contributed by atoms with Crippen LogP contribution in [-0.4, -0.2) is 48.6 Å². The van der Waals surface area contributed by atoms with Crippen molar-refractivity contribution in [2.75, 3.05) is 13.1 Å². The summed E-state index contributed by atoms with van der Waals surface area (Å²) in [6.07, 6.45) is 2.22. The predicted octanol–water partition coefficient (Wildman–Crippen LogP) is 1.54. The molecule has 1 aliphatic heterocycles. The molecule has 0 unspecified atom stereocenters. The van der Waals surface area contributed by atoms with Gasteiger partial charge in [-0.2, -0.15) is 9.82 Å². The molecule has 1 aromatic carbocycles. The highest BCUT2D eigenvalue weighted by Crippen LogP contribution is 2.19. The molecule has 0 radical (unpaired) electrons. The van der Waals surface area contributed by atoms with Gasteiger partial charge >= 0.3 is 0 Å². The van der Waals surface area contributed by atoms with Crippen LogP contribution < -0.4 is 4.72 Å². The number of aromatic amines is 1.